The zero-order valence-electron chi connectivity index (χ0n) is 16.8. The van der Waals surface area contributed by atoms with Crippen LogP contribution in [0.4, 0.5) is 11.6 Å². The van der Waals surface area contributed by atoms with Gasteiger partial charge in [-0.2, -0.15) is 0 Å². The lowest BCUT2D eigenvalue weighted by Gasteiger charge is -2.32. The SMILES string of the molecule is Clc1nc(NCCNC2CCN(Cc3ccc(Cl)c(Cl)c3)CC2)cc(NC2CC2)n1. The van der Waals surface area contributed by atoms with Crippen molar-refractivity contribution in [3.05, 3.63) is 45.2 Å². The molecule has 1 saturated carbocycles. The maximum atomic E-state index is 6.13. The number of rotatable bonds is 9. The summed E-state index contributed by atoms with van der Waals surface area (Å²) >= 11 is 18.2. The minimum atomic E-state index is 0.269. The van der Waals surface area contributed by atoms with E-state index in [4.69, 9.17) is 34.8 Å². The predicted molar refractivity (Wildman–Crippen MR) is 125 cm³/mol. The standard InChI is InChI=1S/C21H27Cl3N6/c22-17-4-1-14(11-18(17)23)13-30-9-5-15(6-10-30)25-7-8-26-19-12-20(27-16-2-3-16)29-21(24)28-19/h1,4,11-12,15-16,25H,2-3,5-10,13H2,(H2,26,27,28,29). The third-order valence-electron chi connectivity index (χ3n) is 5.47. The summed E-state index contributed by atoms with van der Waals surface area (Å²) in [4.78, 5) is 11.0. The van der Waals surface area contributed by atoms with Gasteiger partial charge in [0.05, 0.1) is 10.0 Å². The molecule has 4 rings (SSSR count). The number of benzene rings is 1. The molecule has 3 N–H and O–H groups in total. The van der Waals surface area contributed by atoms with Gasteiger partial charge in [-0.15, -0.1) is 0 Å². The van der Waals surface area contributed by atoms with Crippen molar-refractivity contribution in [2.45, 2.75) is 44.3 Å². The fourth-order valence-corrected chi connectivity index (χ4v) is 4.18. The van der Waals surface area contributed by atoms with Crippen LogP contribution < -0.4 is 16.0 Å². The van der Waals surface area contributed by atoms with Crippen molar-refractivity contribution < 1.29 is 0 Å². The van der Waals surface area contributed by atoms with Crippen LogP contribution in [-0.2, 0) is 6.54 Å². The Hall–Kier alpha value is -1.31. The number of piperidine rings is 1. The molecule has 9 heteroatoms. The highest BCUT2D eigenvalue weighted by molar-refractivity contribution is 6.42. The number of hydrogen-bond acceptors (Lipinski definition) is 6. The Bertz CT molecular complexity index is 853. The Morgan fingerprint density at radius 3 is 2.37 bits per heavy atom. The number of nitrogens with one attached hydrogen (secondary N) is 3. The Morgan fingerprint density at radius 2 is 1.63 bits per heavy atom. The zero-order valence-corrected chi connectivity index (χ0v) is 19.1. The molecule has 0 atom stereocenters. The fourth-order valence-electron chi connectivity index (χ4n) is 3.68. The molecule has 162 valence electrons. The smallest absolute Gasteiger partial charge is 0.226 e. The molecule has 2 heterocycles. The van der Waals surface area contributed by atoms with Gasteiger partial charge in [-0.25, -0.2) is 9.97 Å². The minimum absolute atomic E-state index is 0.269. The monoisotopic (exact) mass is 468 g/mol. The third kappa shape index (κ3) is 6.59. The van der Waals surface area contributed by atoms with E-state index in [0.717, 1.165) is 57.2 Å². The van der Waals surface area contributed by atoms with E-state index in [1.54, 1.807) is 0 Å². The van der Waals surface area contributed by atoms with Gasteiger partial charge >= 0.3 is 0 Å². The molecule has 0 radical (unpaired) electrons. The number of halogens is 3. The molecule has 6 nitrogen and oxygen atoms in total. The van der Waals surface area contributed by atoms with Crippen molar-refractivity contribution in [1.29, 1.82) is 0 Å². The number of hydrogen-bond donors (Lipinski definition) is 3. The second-order valence-electron chi connectivity index (χ2n) is 8.01. The molecule has 1 aliphatic carbocycles. The van der Waals surface area contributed by atoms with Crippen molar-refractivity contribution >= 4 is 46.4 Å². The first-order chi connectivity index (χ1) is 14.5. The summed E-state index contributed by atoms with van der Waals surface area (Å²) in [5.41, 5.74) is 1.21. The molecule has 2 fully saturated rings. The van der Waals surface area contributed by atoms with Crippen LogP contribution in [0.2, 0.25) is 15.3 Å². The topological polar surface area (TPSA) is 65.1 Å². The Morgan fingerprint density at radius 1 is 0.867 bits per heavy atom. The van der Waals surface area contributed by atoms with Gasteiger partial charge in [-0.1, -0.05) is 29.3 Å². The molecule has 1 saturated heterocycles. The molecule has 1 aliphatic heterocycles. The second kappa shape index (κ2) is 10.3. The van der Waals surface area contributed by atoms with E-state index in [1.807, 2.05) is 18.2 Å². The zero-order chi connectivity index (χ0) is 20.9. The maximum Gasteiger partial charge on any atom is 0.226 e. The minimum Gasteiger partial charge on any atom is -0.369 e. The molecule has 0 amide bonds. The molecule has 0 spiro atoms. The predicted octanol–water partition coefficient (Wildman–Crippen LogP) is 4.68. The number of nitrogens with zero attached hydrogens (tertiary/aromatic N) is 3. The van der Waals surface area contributed by atoms with Crippen molar-refractivity contribution in [1.82, 2.24) is 20.2 Å². The van der Waals surface area contributed by atoms with E-state index in [-0.39, 0.29) is 5.28 Å². The normalized spacial score (nSPS) is 17.8. The maximum absolute atomic E-state index is 6.13. The Labute approximate surface area is 192 Å². The van der Waals surface area contributed by atoms with Gasteiger partial charge in [-0.3, -0.25) is 4.90 Å². The fraction of sp³-hybridized carbons (Fsp3) is 0.524. The Balaban J connectivity index is 1.15. The molecule has 1 aromatic carbocycles. The molecule has 1 aromatic heterocycles. The molecular formula is C21H27Cl3N6. The van der Waals surface area contributed by atoms with Crippen LogP contribution in [0.3, 0.4) is 0 Å². The van der Waals surface area contributed by atoms with Crippen LogP contribution in [0, 0.1) is 0 Å². The third-order valence-corrected chi connectivity index (χ3v) is 6.38. The van der Waals surface area contributed by atoms with E-state index >= 15 is 0 Å². The highest BCUT2D eigenvalue weighted by Gasteiger charge is 2.22. The summed E-state index contributed by atoms with van der Waals surface area (Å²) < 4.78 is 0. The van der Waals surface area contributed by atoms with Gasteiger partial charge in [0.2, 0.25) is 5.28 Å². The first-order valence-electron chi connectivity index (χ1n) is 10.5. The van der Waals surface area contributed by atoms with Crippen molar-refractivity contribution in [3.8, 4) is 0 Å². The Kier molecular flexibility index (Phi) is 7.55. The van der Waals surface area contributed by atoms with Crippen LogP contribution in [-0.4, -0.2) is 53.1 Å². The summed E-state index contributed by atoms with van der Waals surface area (Å²) in [6.07, 6.45) is 4.66. The average molecular weight is 470 g/mol. The summed E-state index contributed by atoms with van der Waals surface area (Å²) in [5.74, 6) is 1.55. The van der Waals surface area contributed by atoms with Crippen LogP contribution in [0.25, 0.3) is 0 Å². The van der Waals surface area contributed by atoms with E-state index in [9.17, 15) is 0 Å². The highest BCUT2D eigenvalue weighted by Crippen LogP contribution is 2.25. The largest absolute Gasteiger partial charge is 0.369 e. The quantitative estimate of drug-likeness (QED) is 0.366. The van der Waals surface area contributed by atoms with Crippen LogP contribution in [0.15, 0.2) is 24.3 Å². The lowest BCUT2D eigenvalue weighted by atomic mass is 10.0. The highest BCUT2D eigenvalue weighted by atomic mass is 35.5. The van der Waals surface area contributed by atoms with E-state index in [2.05, 4.69) is 36.9 Å². The lowest BCUT2D eigenvalue weighted by molar-refractivity contribution is 0.191. The number of likely N-dealkylation sites (tertiary alicyclic amines) is 1. The van der Waals surface area contributed by atoms with Crippen molar-refractivity contribution in [3.63, 3.8) is 0 Å². The average Bonchev–Trinajstić information content (AvgIpc) is 3.53. The van der Waals surface area contributed by atoms with Gasteiger partial charge < -0.3 is 16.0 Å². The van der Waals surface area contributed by atoms with Crippen LogP contribution in [0.1, 0.15) is 31.2 Å². The molecule has 2 aromatic rings. The summed E-state index contributed by atoms with van der Waals surface area (Å²) in [7, 11) is 0. The molecule has 0 unspecified atom stereocenters. The molecular weight excluding hydrogens is 443 g/mol. The van der Waals surface area contributed by atoms with E-state index in [1.165, 1.54) is 18.4 Å². The van der Waals surface area contributed by atoms with Crippen molar-refractivity contribution in [2.24, 2.45) is 0 Å². The van der Waals surface area contributed by atoms with Gasteiger partial charge in [0.1, 0.15) is 11.6 Å². The van der Waals surface area contributed by atoms with Gasteiger partial charge in [0.15, 0.2) is 0 Å². The number of anilines is 2. The molecule has 2 aliphatic rings. The summed E-state index contributed by atoms with van der Waals surface area (Å²) in [5, 5.41) is 11.8. The van der Waals surface area contributed by atoms with Gasteiger partial charge in [0, 0.05) is 37.8 Å². The number of aromatic nitrogens is 2. The van der Waals surface area contributed by atoms with Gasteiger partial charge in [-0.05, 0) is 68.1 Å². The van der Waals surface area contributed by atoms with Crippen LogP contribution >= 0.6 is 34.8 Å². The second-order valence-corrected chi connectivity index (χ2v) is 9.16. The van der Waals surface area contributed by atoms with Crippen LogP contribution in [0.5, 0.6) is 0 Å². The lowest BCUT2D eigenvalue weighted by Crippen LogP contribution is -2.43. The molecule has 0 bridgehead atoms. The molecule has 30 heavy (non-hydrogen) atoms. The van der Waals surface area contributed by atoms with Gasteiger partial charge in [0.25, 0.3) is 0 Å². The summed E-state index contributed by atoms with van der Waals surface area (Å²) in [6.45, 7) is 4.73. The first kappa shape index (κ1) is 21.9. The van der Waals surface area contributed by atoms with Crippen molar-refractivity contribution in [2.75, 3.05) is 36.8 Å². The first-order valence-corrected chi connectivity index (χ1v) is 11.6. The van der Waals surface area contributed by atoms with E-state index < -0.39 is 0 Å². The van der Waals surface area contributed by atoms with E-state index in [0.29, 0.717) is 22.1 Å². The summed E-state index contributed by atoms with van der Waals surface area (Å²) in [6, 6.07) is 8.88.